The number of alkyl halides is 2. The fourth-order valence-corrected chi connectivity index (χ4v) is 0.445. The van der Waals surface area contributed by atoms with Crippen LogP contribution < -0.4 is 0 Å². The molecule has 0 radical (unpaired) electrons. The van der Waals surface area contributed by atoms with Crippen molar-refractivity contribution in [2.24, 2.45) is 5.41 Å². The van der Waals surface area contributed by atoms with Gasteiger partial charge in [0, 0.05) is 6.92 Å². The first-order valence-electron chi connectivity index (χ1n) is 3.80. The van der Waals surface area contributed by atoms with Crippen LogP contribution in [0.3, 0.4) is 0 Å². The van der Waals surface area contributed by atoms with E-state index in [1.165, 1.54) is 0 Å². The lowest BCUT2D eigenvalue weighted by Gasteiger charge is -2.22. The van der Waals surface area contributed by atoms with Gasteiger partial charge in [0.1, 0.15) is 0 Å². The van der Waals surface area contributed by atoms with Crippen molar-refractivity contribution in [2.45, 2.75) is 40.2 Å². The molecular weight excluding hydrogens is 166 g/mol. The van der Waals surface area contributed by atoms with E-state index in [0.29, 0.717) is 13.3 Å². The maximum atomic E-state index is 12.2. The number of carbonyl (C=O) groups excluding carboxylic acids is 1. The predicted molar refractivity (Wildman–Crippen MR) is 40.8 cm³/mol. The summed E-state index contributed by atoms with van der Waals surface area (Å²) < 4.78 is 28.3. The van der Waals surface area contributed by atoms with Crippen molar-refractivity contribution in [3.8, 4) is 0 Å². The van der Waals surface area contributed by atoms with Crippen LogP contribution in [0.25, 0.3) is 0 Å². The van der Waals surface area contributed by atoms with Gasteiger partial charge in [0.2, 0.25) is 0 Å². The number of hydrogen-bond acceptors (Lipinski definition) is 2. The summed E-state index contributed by atoms with van der Waals surface area (Å²) >= 11 is 0. The molecule has 0 heterocycles. The molecule has 0 saturated heterocycles. The Balaban J connectivity index is 4.23. The summed E-state index contributed by atoms with van der Waals surface area (Å²) in [5.74, 6) is -0.863. The highest BCUT2D eigenvalue weighted by Gasteiger charge is 2.35. The molecule has 0 aliphatic rings. The zero-order valence-electron chi connectivity index (χ0n) is 7.78. The van der Waals surface area contributed by atoms with Crippen molar-refractivity contribution in [1.29, 1.82) is 0 Å². The highest BCUT2D eigenvalue weighted by Crippen LogP contribution is 2.25. The van der Waals surface area contributed by atoms with Crippen molar-refractivity contribution in [1.82, 2.24) is 0 Å². The molecule has 0 aromatic heterocycles. The van der Waals surface area contributed by atoms with E-state index in [0.717, 1.165) is 0 Å². The summed E-state index contributed by atoms with van der Waals surface area (Å²) in [5, 5.41) is 0. The molecule has 0 aliphatic heterocycles. The van der Waals surface area contributed by atoms with Crippen LogP contribution in [0.5, 0.6) is 0 Å². The predicted octanol–water partition coefficient (Wildman–Crippen LogP) is 2.58. The van der Waals surface area contributed by atoms with Crippen LogP contribution in [0.2, 0.25) is 0 Å². The van der Waals surface area contributed by atoms with Gasteiger partial charge in [-0.3, -0.25) is 4.79 Å². The topological polar surface area (TPSA) is 26.3 Å². The zero-order chi connectivity index (χ0) is 9.99. The summed E-state index contributed by atoms with van der Waals surface area (Å²) in [6, 6.07) is 0. The Labute approximate surface area is 70.9 Å². The van der Waals surface area contributed by atoms with Crippen molar-refractivity contribution >= 4 is 5.97 Å². The van der Waals surface area contributed by atoms with E-state index in [1.54, 1.807) is 20.8 Å². The van der Waals surface area contributed by atoms with Gasteiger partial charge in [0.15, 0.2) is 0 Å². The van der Waals surface area contributed by atoms with Crippen molar-refractivity contribution in [3.05, 3.63) is 0 Å². The molecule has 0 spiro atoms. The molecular formula is C8H14F2O2. The molecule has 72 valence electrons. The quantitative estimate of drug-likeness (QED) is 0.624. The third-order valence-corrected chi connectivity index (χ3v) is 1.71. The van der Waals surface area contributed by atoms with Gasteiger partial charge < -0.3 is 4.74 Å². The van der Waals surface area contributed by atoms with Crippen LogP contribution in [0.15, 0.2) is 0 Å². The maximum absolute atomic E-state index is 12.2. The normalized spacial score (nSPS) is 12.8. The van der Waals surface area contributed by atoms with Gasteiger partial charge in [0.05, 0.1) is 5.41 Å². The molecule has 2 nitrogen and oxygen atoms in total. The summed E-state index contributed by atoms with van der Waals surface area (Å²) in [6.07, 6.45) is -2.90. The minimum Gasteiger partial charge on any atom is -0.401 e. The molecule has 0 saturated carbocycles. The summed E-state index contributed by atoms with van der Waals surface area (Å²) in [6.45, 7) is 5.44. The Morgan fingerprint density at radius 2 is 1.75 bits per heavy atom. The molecule has 0 aromatic rings. The standard InChI is InChI=1S/C8H14F2O2/c1-5-7(2,3)6(11)12-8(4,9)10/h5H2,1-4H3. The minimum absolute atomic E-state index is 0.474. The van der Waals surface area contributed by atoms with E-state index in [9.17, 15) is 13.6 Å². The third-order valence-electron chi connectivity index (χ3n) is 1.71. The van der Waals surface area contributed by atoms with Crippen molar-refractivity contribution < 1.29 is 18.3 Å². The Kier molecular flexibility index (Phi) is 3.18. The fraction of sp³-hybridized carbons (Fsp3) is 0.875. The lowest BCUT2D eigenvalue weighted by atomic mass is 9.91. The molecule has 0 aliphatic carbocycles. The van der Waals surface area contributed by atoms with E-state index in [4.69, 9.17) is 0 Å². The number of esters is 1. The zero-order valence-corrected chi connectivity index (χ0v) is 7.78. The third kappa shape index (κ3) is 3.64. The highest BCUT2D eigenvalue weighted by atomic mass is 19.3. The minimum atomic E-state index is -3.37. The largest absolute Gasteiger partial charge is 0.401 e. The van der Waals surface area contributed by atoms with Crippen LogP contribution in [0.4, 0.5) is 8.78 Å². The van der Waals surface area contributed by atoms with Crippen LogP contribution in [-0.4, -0.2) is 12.1 Å². The van der Waals surface area contributed by atoms with Crippen molar-refractivity contribution in [2.75, 3.05) is 0 Å². The van der Waals surface area contributed by atoms with E-state index in [1.807, 2.05) is 0 Å². The number of hydrogen-bond donors (Lipinski definition) is 0. The smallest absolute Gasteiger partial charge is 0.396 e. The van der Waals surface area contributed by atoms with Gasteiger partial charge in [0.25, 0.3) is 0 Å². The highest BCUT2D eigenvalue weighted by molar-refractivity contribution is 5.76. The Morgan fingerprint density at radius 3 is 2.00 bits per heavy atom. The Morgan fingerprint density at radius 1 is 1.33 bits per heavy atom. The first-order chi connectivity index (χ1) is 5.19. The van der Waals surface area contributed by atoms with Gasteiger partial charge in [-0.05, 0) is 20.3 Å². The first kappa shape index (κ1) is 11.3. The summed E-state index contributed by atoms with van der Waals surface area (Å²) in [5.41, 5.74) is -0.834. The Bertz CT molecular complexity index is 170. The molecule has 0 bridgehead atoms. The van der Waals surface area contributed by atoms with Gasteiger partial charge in [-0.2, -0.15) is 8.78 Å². The lowest BCUT2D eigenvalue weighted by Crippen LogP contribution is -2.31. The average molecular weight is 180 g/mol. The van der Waals surface area contributed by atoms with Crippen LogP contribution >= 0.6 is 0 Å². The molecule has 0 atom stereocenters. The molecule has 0 N–H and O–H groups in total. The second-order valence-corrected chi connectivity index (χ2v) is 3.43. The Hall–Kier alpha value is -0.670. The monoisotopic (exact) mass is 180 g/mol. The SMILES string of the molecule is CCC(C)(C)C(=O)OC(C)(F)F. The number of carbonyl (C=O) groups is 1. The van der Waals surface area contributed by atoms with E-state index < -0.39 is 17.5 Å². The van der Waals surface area contributed by atoms with Crippen molar-refractivity contribution in [3.63, 3.8) is 0 Å². The van der Waals surface area contributed by atoms with Gasteiger partial charge in [-0.15, -0.1) is 0 Å². The number of ether oxygens (including phenoxy) is 1. The lowest BCUT2D eigenvalue weighted by molar-refractivity contribution is -0.230. The second-order valence-electron chi connectivity index (χ2n) is 3.43. The van der Waals surface area contributed by atoms with E-state index >= 15 is 0 Å². The molecule has 0 aromatic carbocycles. The van der Waals surface area contributed by atoms with E-state index in [2.05, 4.69) is 4.74 Å². The first-order valence-corrected chi connectivity index (χ1v) is 3.80. The number of halogens is 2. The van der Waals surface area contributed by atoms with Gasteiger partial charge >= 0.3 is 12.1 Å². The molecule has 12 heavy (non-hydrogen) atoms. The summed E-state index contributed by atoms with van der Waals surface area (Å²) in [4.78, 5) is 11.0. The maximum Gasteiger partial charge on any atom is 0.396 e. The average Bonchev–Trinajstić information content (AvgIpc) is 1.84. The summed E-state index contributed by atoms with van der Waals surface area (Å²) in [7, 11) is 0. The molecule has 4 heteroatoms. The van der Waals surface area contributed by atoms with Gasteiger partial charge in [-0.25, -0.2) is 0 Å². The molecule has 0 amide bonds. The number of rotatable bonds is 3. The van der Waals surface area contributed by atoms with Crippen LogP contribution in [0.1, 0.15) is 34.1 Å². The molecule has 0 rings (SSSR count). The molecule has 0 fully saturated rings. The van der Waals surface area contributed by atoms with Crippen LogP contribution in [0, 0.1) is 5.41 Å². The second kappa shape index (κ2) is 3.37. The fourth-order valence-electron chi connectivity index (χ4n) is 0.445. The van der Waals surface area contributed by atoms with E-state index in [-0.39, 0.29) is 0 Å². The molecule has 0 unspecified atom stereocenters. The van der Waals surface area contributed by atoms with Crippen LogP contribution in [-0.2, 0) is 9.53 Å². The van der Waals surface area contributed by atoms with Gasteiger partial charge in [-0.1, -0.05) is 6.92 Å².